The summed E-state index contributed by atoms with van der Waals surface area (Å²) in [5.41, 5.74) is 1.53. The molecule has 1 aromatic rings. The number of esters is 1. The third kappa shape index (κ3) is 3.22. The smallest absolute Gasteiger partial charge is 0.310 e. The number of carbonyl (C=O) groups is 1. The Balaban J connectivity index is 3.07. The second-order valence-electron chi connectivity index (χ2n) is 3.59. The summed E-state index contributed by atoms with van der Waals surface area (Å²) in [6.45, 7) is 3.93. The molecule has 0 heterocycles. The highest BCUT2D eigenvalue weighted by Gasteiger charge is 2.14. The van der Waals surface area contributed by atoms with Crippen LogP contribution in [0.5, 0.6) is 5.75 Å². The van der Waals surface area contributed by atoms with Crippen molar-refractivity contribution in [1.82, 2.24) is 0 Å². The van der Waals surface area contributed by atoms with Crippen molar-refractivity contribution in [3.63, 3.8) is 0 Å². The number of nitrogens with zero attached hydrogens (tertiary/aromatic N) is 1. The molecular formula is C13H15NO3. The Morgan fingerprint density at radius 3 is 2.71 bits per heavy atom. The van der Waals surface area contributed by atoms with E-state index >= 15 is 0 Å². The Bertz CT molecular complexity index is 460. The first-order chi connectivity index (χ1) is 8.12. The minimum Gasteiger partial charge on any atom is -0.508 e. The molecule has 4 heteroatoms. The molecule has 0 fully saturated rings. The number of aromatic hydroxyl groups is 1. The zero-order chi connectivity index (χ0) is 12.8. The first kappa shape index (κ1) is 13.0. The molecule has 0 aliphatic rings. The van der Waals surface area contributed by atoms with Crippen LogP contribution in [0.15, 0.2) is 12.1 Å². The number of benzene rings is 1. The molecule has 4 nitrogen and oxygen atoms in total. The standard InChI is InChI=1S/C13H15NO3/c1-3-9-5-10(8-14)11(12(15)6-9)7-13(16)17-4-2/h5-6,15H,3-4,7H2,1-2H3. The van der Waals surface area contributed by atoms with Gasteiger partial charge < -0.3 is 9.84 Å². The van der Waals surface area contributed by atoms with Crippen molar-refractivity contribution in [1.29, 1.82) is 5.26 Å². The van der Waals surface area contributed by atoms with E-state index in [9.17, 15) is 9.90 Å². The van der Waals surface area contributed by atoms with Gasteiger partial charge in [0.05, 0.1) is 24.7 Å². The van der Waals surface area contributed by atoms with Crippen LogP contribution in [0.25, 0.3) is 0 Å². The molecule has 0 aromatic heterocycles. The lowest BCUT2D eigenvalue weighted by Gasteiger charge is -2.08. The maximum Gasteiger partial charge on any atom is 0.310 e. The molecule has 1 aromatic carbocycles. The molecule has 0 amide bonds. The summed E-state index contributed by atoms with van der Waals surface area (Å²) in [5, 5.41) is 18.8. The highest BCUT2D eigenvalue weighted by Crippen LogP contribution is 2.24. The SMILES string of the molecule is CCOC(=O)Cc1c(O)cc(CC)cc1C#N. The summed E-state index contributed by atoms with van der Waals surface area (Å²) in [5.74, 6) is -0.461. The van der Waals surface area contributed by atoms with Gasteiger partial charge in [0.1, 0.15) is 5.75 Å². The number of rotatable bonds is 4. The summed E-state index contributed by atoms with van der Waals surface area (Å²) < 4.78 is 4.80. The molecule has 0 atom stereocenters. The van der Waals surface area contributed by atoms with Crippen molar-refractivity contribution in [3.05, 3.63) is 28.8 Å². The predicted molar refractivity (Wildman–Crippen MR) is 62.5 cm³/mol. The number of hydrogen-bond acceptors (Lipinski definition) is 4. The summed E-state index contributed by atoms with van der Waals surface area (Å²) in [6.07, 6.45) is 0.647. The van der Waals surface area contributed by atoms with Crippen LogP contribution >= 0.6 is 0 Å². The largest absolute Gasteiger partial charge is 0.508 e. The first-order valence-corrected chi connectivity index (χ1v) is 5.52. The Kier molecular flexibility index (Phi) is 4.53. The van der Waals surface area contributed by atoms with Crippen LogP contribution in [0.2, 0.25) is 0 Å². The zero-order valence-electron chi connectivity index (χ0n) is 9.99. The second-order valence-corrected chi connectivity index (χ2v) is 3.59. The van der Waals surface area contributed by atoms with E-state index in [1.807, 2.05) is 13.0 Å². The fourth-order valence-corrected chi connectivity index (χ4v) is 1.56. The third-order valence-corrected chi connectivity index (χ3v) is 2.44. The zero-order valence-corrected chi connectivity index (χ0v) is 9.99. The van der Waals surface area contributed by atoms with Crippen LogP contribution in [0.4, 0.5) is 0 Å². The molecule has 0 aliphatic heterocycles. The second kappa shape index (κ2) is 5.90. The Hall–Kier alpha value is -2.02. The lowest BCUT2D eigenvalue weighted by molar-refractivity contribution is -0.142. The van der Waals surface area contributed by atoms with Crippen LogP contribution in [0.1, 0.15) is 30.5 Å². The van der Waals surface area contributed by atoms with Crippen LogP contribution in [0.3, 0.4) is 0 Å². The topological polar surface area (TPSA) is 70.3 Å². The monoisotopic (exact) mass is 233 g/mol. The van der Waals surface area contributed by atoms with Gasteiger partial charge in [0.2, 0.25) is 0 Å². The summed E-state index contributed by atoms with van der Waals surface area (Å²) in [7, 11) is 0. The normalized spacial score (nSPS) is 9.71. The predicted octanol–water partition coefficient (Wildman–Crippen LogP) is 1.93. The van der Waals surface area contributed by atoms with Gasteiger partial charge in [-0.2, -0.15) is 5.26 Å². The number of phenolic OH excluding ortho intramolecular Hbond substituents is 1. The van der Waals surface area contributed by atoms with Crippen LogP contribution in [0, 0.1) is 11.3 Å². The van der Waals surface area contributed by atoms with Crippen molar-refractivity contribution in [3.8, 4) is 11.8 Å². The highest BCUT2D eigenvalue weighted by atomic mass is 16.5. The fraction of sp³-hybridized carbons (Fsp3) is 0.385. The lowest BCUT2D eigenvalue weighted by atomic mass is 10.00. The van der Waals surface area contributed by atoms with Crippen LogP contribution < -0.4 is 0 Å². The molecule has 90 valence electrons. The quantitative estimate of drug-likeness (QED) is 0.807. The summed E-state index contributed by atoms with van der Waals surface area (Å²) in [4.78, 5) is 11.3. The molecule has 1 N–H and O–H groups in total. The van der Waals surface area contributed by atoms with Crippen molar-refractivity contribution in [2.24, 2.45) is 0 Å². The van der Waals surface area contributed by atoms with Gasteiger partial charge in [-0.1, -0.05) is 6.92 Å². The molecule has 0 spiro atoms. The van der Waals surface area contributed by atoms with Gasteiger partial charge in [-0.3, -0.25) is 4.79 Å². The molecule has 17 heavy (non-hydrogen) atoms. The summed E-state index contributed by atoms with van der Waals surface area (Å²) >= 11 is 0. The molecular weight excluding hydrogens is 218 g/mol. The van der Waals surface area contributed by atoms with Gasteiger partial charge in [-0.15, -0.1) is 0 Å². The van der Waals surface area contributed by atoms with E-state index in [-0.39, 0.29) is 18.8 Å². The third-order valence-electron chi connectivity index (χ3n) is 2.44. The minimum absolute atomic E-state index is 0.0195. The van der Waals surface area contributed by atoms with Gasteiger partial charge in [0.25, 0.3) is 0 Å². The van der Waals surface area contributed by atoms with E-state index in [0.29, 0.717) is 11.1 Å². The Morgan fingerprint density at radius 2 is 2.18 bits per heavy atom. The van der Waals surface area contributed by atoms with Crippen molar-refractivity contribution in [2.75, 3.05) is 6.61 Å². The Labute approximate surface area is 100 Å². The lowest BCUT2D eigenvalue weighted by Crippen LogP contribution is -2.09. The molecule has 0 saturated heterocycles. The summed E-state index contributed by atoms with van der Waals surface area (Å²) in [6, 6.07) is 5.26. The average Bonchev–Trinajstić information content (AvgIpc) is 2.31. The van der Waals surface area contributed by atoms with Gasteiger partial charge in [-0.05, 0) is 31.0 Å². The molecule has 0 aliphatic carbocycles. The van der Waals surface area contributed by atoms with Gasteiger partial charge >= 0.3 is 5.97 Å². The van der Waals surface area contributed by atoms with Gasteiger partial charge in [0.15, 0.2) is 0 Å². The first-order valence-electron chi connectivity index (χ1n) is 5.52. The molecule has 0 radical (unpaired) electrons. The number of hydrogen-bond donors (Lipinski definition) is 1. The number of nitriles is 1. The molecule has 0 saturated carbocycles. The van der Waals surface area contributed by atoms with Gasteiger partial charge in [-0.25, -0.2) is 0 Å². The molecule has 1 rings (SSSR count). The van der Waals surface area contributed by atoms with Crippen molar-refractivity contribution < 1.29 is 14.6 Å². The van der Waals surface area contributed by atoms with E-state index < -0.39 is 5.97 Å². The molecule has 0 bridgehead atoms. The van der Waals surface area contributed by atoms with E-state index in [2.05, 4.69) is 0 Å². The highest BCUT2D eigenvalue weighted by molar-refractivity contribution is 5.75. The van der Waals surface area contributed by atoms with Crippen LogP contribution in [-0.4, -0.2) is 17.7 Å². The van der Waals surface area contributed by atoms with Crippen molar-refractivity contribution in [2.45, 2.75) is 26.7 Å². The maximum atomic E-state index is 11.3. The van der Waals surface area contributed by atoms with Crippen LogP contribution in [-0.2, 0) is 22.4 Å². The number of aryl methyl sites for hydroxylation is 1. The van der Waals surface area contributed by atoms with E-state index in [4.69, 9.17) is 10.00 Å². The average molecular weight is 233 g/mol. The maximum absolute atomic E-state index is 11.3. The minimum atomic E-state index is -0.441. The van der Waals surface area contributed by atoms with E-state index in [1.54, 1.807) is 19.1 Å². The van der Waals surface area contributed by atoms with E-state index in [0.717, 1.165) is 12.0 Å². The van der Waals surface area contributed by atoms with Gasteiger partial charge in [0, 0.05) is 5.56 Å². The van der Waals surface area contributed by atoms with E-state index in [1.165, 1.54) is 0 Å². The Morgan fingerprint density at radius 1 is 1.47 bits per heavy atom. The number of phenols is 1. The fourth-order valence-electron chi connectivity index (χ4n) is 1.56. The molecule has 0 unspecified atom stereocenters. The number of ether oxygens (including phenoxy) is 1. The number of carbonyl (C=O) groups excluding carboxylic acids is 1. The van der Waals surface area contributed by atoms with Crippen molar-refractivity contribution >= 4 is 5.97 Å².